The van der Waals surface area contributed by atoms with E-state index in [0.717, 1.165) is 0 Å². The van der Waals surface area contributed by atoms with Crippen molar-refractivity contribution in [3.63, 3.8) is 0 Å². The molecule has 0 fully saturated rings. The normalized spacial score (nSPS) is 10.9. The zero-order valence-electron chi connectivity index (χ0n) is 13.1. The lowest BCUT2D eigenvalue weighted by molar-refractivity contribution is 0.0599. The third-order valence-corrected chi connectivity index (χ3v) is 4.72. The van der Waals surface area contributed by atoms with Crippen LogP contribution >= 0.6 is 0 Å². The molecule has 3 N–H and O–H groups in total. The maximum atomic E-state index is 12.5. The van der Waals surface area contributed by atoms with Crippen LogP contribution in [0.3, 0.4) is 0 Å². The predicted molar refractivity (Wildman–Crippen MR) is 88.3 cm³/mol. The highest BCUT2D eigenvalue weighted by Crippen LogP contribution is 2.22. The molecule has 0 aliphatic heterocycles. The molecule has 7 nitrogen and oxygen atoms in total. The van der Waals surface area contributed by atoms with E-state index >= 15 is 0 Å². The summed E-state index contributed by atoms with van der Waals surface area (Å²) in [6.45, 7) is 1.67. The van der Waals surface area contributed by atoms with Crippen LogP contribution in [-0.4, -0.2) is 27.4 Å². The van der Waals surface area contributed by atoms with E-state index in [1.54, 1.807) is 19.1 Å². The Hall–Kier alpha value is -2.87. The van der Waals surface area contributed by atoms with Crippen molar-refractivity contribution in [2.24, 2.45) is 5.73 Å². The summed E-state index contributed by atoms with van der Waals surface area (Å²) in [6, 6.07) is 10.1. The molecule has 0 saturated heterocycles. The van der Waals surface area contributed by atoms with Gasteiger partial charge in [-0.25, -0.2) is 13.2 Å². The van der Waals surface area contributed by atoms with Crippen LogP contribution < -0.4 is 10.5 Å². The molecule has 0 unspecified atom stereocenters. The van der Waals surface area contributed by atoms with Crippen molar-refractivity contribution in [3.05, 3.63) is 59.2 Å². The van der Waals surface area contributed by atoms with Gasteiger partial charge in [0.15, 0.2) is 0 Å². The van der Waals surface area contributed by atoms with Gasteiger partial charge in [0.1, 0.15) is 0 Å². The minimum atomic E-state index is -4.02. The zero-order chi connectivity index (χ0) is 17.9. The number of methoxy groups -OCH3 is 1. The molecule has 0 heterocycles. The van der Waals surface area contributed by atoms with Gasteiger partial charge in [-0.3, -0.25) is 9.52 Å². The Bertz CT molecular complexity index is 906. The van der Waals surface area contributed by atoms with E-state index in [1.165, 1.54) is 37.4 Å². The standard InChI is InChI=1S/C16H16N2O5S/c1-10-7-8-11(9-13(10)16(20)23-2)24(21,22)18-14-6-4-3-5-12(14)15(17)19/h3-9,18H,1-2H3,(H2,17,19). The van der Waals surface area contributed by atoms with E-state index in [9.17, 15) is 18.0 Å². The minimum absolute atomic E-state index is 0.0429. The smallest absolute Gasteiger partial charge is 0.338 e. The summed E-state index contributed by atoms with van der Waals surface area (Å²) in [6.07, 6.45) is 0. The SMILES string of the molecule is COC(=O)c1cc(S(=O)(=O)Nc2ccccc2C(N)=O)ccc1C. The number of anilines is 1. The molecule has 8 heteroatoms. The summed E-state index contributed by atoms with van der Waals surface area (Å²) in [7, 11) is -2.80. The highest BCUT2D eigenvalue weighted by atomic mass is 32.2. The molecule has 1 amide bonds. The summed E-state index contributed by atoms with van der Waals surface area (Å²) in [4.78, 5) is 23.0. The quantitative estimate of drug-likeness (QED) is 0.798. The maximum absolute atomic E-state index is 12.5. The van der Waals surface area contributed by atoms with Crippen LogP contribution in [0.2, 0.25) is 0 Å². The van der Waals surface area contributed by atoms with E-state index < -0.39 is 21.9 Å². The Morgan fingerprint density at radius 3 is 2.38 bits per heavy atom. The van der Waals surface area contributed by atoms with Crippen LogP contribution in [0.15, 0.2) is 47.4 Å². The number of nitrogens with one attached hydrogen (secondary N) is 1. The van der Waals surface area contributed by atoms with Gasteiger partial charge in [-0.2, -0.15) is 0 Å². The largest absolute Gasteiger partial charge is 0.465 e. The number of hydrogen-bond acceptors (Lipinski definition) is 5. The van der Waals surface area contributed by atoms with Crippen LogP contribution in [0.1, 0.15) is 26.3 Å². The number of sulfonamides is 1. The summed E-state index contributed by atoms with van der Waals surface area (Å²) >= 11 is 0. The van der Waals surface area contributed by atoms with Gasteiger partial charge in [-0.05, 0) is 36.8 Å². The molecule has 0 saturated carbocycles. The lowest BCUT2D eigenvalue weighted by atomic mass is 10.1. The topological polar surface area (TPSA) is 116 Å². The fraction of sp³-hybridized carbons (Fsp3) is 0.125. The number of ether oxygens (including phenoxy) is 1. The first-order valence-corrected chi connectivity index (χ1v) is 8.35. The molecule has 2 rings (SSSR count). The average molecular weight is 348 g/mol. The highest BCUT2D eigenvalue weighted by Gasteiger charge is 2.20. The maximum Gasteiger partial charge on any atom is 0.338 e. The monoisotopic (exact) mass is 348 g/mol. The van der Waals surface area contributed by atoms with Gasteiger partial charge in [-0.1, -0.05) is 18.2 Å². The first-order chi connectivity index (χ1) is 11.3. The fourth-order valence-corrected chi connectivity index (χ4v) is 3.19. The number of amides is 1. The lowest BCUT2D eigenvalue weighted by Crippen LogP contribution is -2.19. The predicted octanol–water partition coefficient (Wildman–Crippen LogP) is 1.68. The Morgan fingerprint density at radius 1 is 1.08 bits per heavy atom. The molecule has 0 spiro atoms. The third kappa shape index (κ3) is 3.54. The number of esters is 1. The van der Waals surface area contributed by atoms with Crippen molar-refractivity contribution in [1.82, 2.24) is 0 Å². The second-order valence-electron chi connectivity index (χ2n) is 4.98. The lowest BCUT2D eigenvalue weighted by Gasteiger charge is -2.12. The molecule has 0 aromatic heterocycles. The molecule has 24 heavy (non-hydrogen) atoms. The number of hydrogen-bond donors (Lipinski definition) is 2. The Labute approximate surface area is 139 Å². The van der Waals surface area contributed by atoms with Crippen molar-refractivity contribution >= 4 is 27.6 Å². The molecule has 0 aliphatic rings. The van der Waals surface area contributed by atoms with Crippen LogP contribution in [-0.2, 0) is 14.8 Å². The molecular weight excluding hydrogens is 332 g/mol. The fourth-order valence-electron chi connectivity index (χ4n) is 2.09. The number of nitrogens with two attached hydrogens (primary N) is 1. The molecular formula is C16H16N2O5S. The van der Waals surface area contributed by atoms with Gasteiger partial charge in [0.2, 0.25) is 0 Å². The second kappa shape index (κ2) is 6.71. The van der Waals surface area contributed by atoms with Gasteiger partial charge in [-0.15, -0.1) is 0 Å². The molecule has 2 aromatic carbocycles. The summed E-state index contributed by atoms with van der Waals surface area (Å²) in [5.41, 5.74) is 6.07. The number of para-hydroxylation sites is 1. The van der Waals surface area contributed by atoms with Gasteiger partial charge < -0.3 is 10.5 Å². The molecule has 0 aliphatic carbocycles. The van der Waals surface area contributed by atoms with E-state index in [1.807, 2.05) is 0 Å². The third-order valence-electron chi connectivity index (χ3n) is 3.36. The van der Waals surface area contributed by atoms with Gasteiger partial charge in [0.05, 0.1) is 28.8 Å². The molecule has 126 valence electrons. The Morgan fingerprint density at radius 2 is 1.75 bits per heavy atom. The van der Waals surface area contributed by atoms with Crippen molar-refractivity contribution in [2.75, 3.05) is 11.8 Å². The number of benzene rings is 2. The number of carbonyl (C=O) groups excluding carboxylic acids is 2. The van der Waals surface area contributed by atoms with Crippen molar-refractivity contribution in [1.29, 1.82) is 0 Å². The summed E-state index contributed by atoms with van der Waals surface area (Å²) in [5, 5.41) is 0. The van der Waals surface area contributed by atoms with Crippen LogP contribution in [0.4, 0.5) is 5.69 Å². The second-order valence-corrected chi connectivity index (χ2v) is 6.67. The molecule has 0 radical (unpaired) electrons. The number of aryl methyl sites for hydroxylation is 1. The van der Waals surface area contributed by atoms with E-state index in [4.69, 9.17) is 5.73 Å². The summed E-state index contributed by atoms with van der Waals surface area (Å²) in [5.74, 6) is -1.39. The zero-order valence-corrected chi connectivity index (χ0v) is 13.9. The van der Waals surface area contributed by atoms with Gasteiger partial charge in [0, 0.05) is 0 Å². The van der Waals surface area contributed by atoms with E-state index in [0.29, 0.717) is 5.56 Å². The van der Waals surface area contributed by atoms with Crippen LogP contribution in [0, 0.1) is 6.92 Å². The van der Waals surface area contributed by atoms with Crippen molar-refractivity contribution < 1.29 is 22.7 Å². The highest BCUT2D eigenvalue weighted by molar-refractivity contribution is 7.92. The van der Waals surface area contributed by atoms with Crippen molar-refractivity contribution in [3.8, 4) is 0 Å². The molecule has 0 atom stereocenters. The van der Waals surface area contributed by atoms with E-state index in [2.05, 4.69) is 9.46 Å². The van der Waals surface area contributed by atoms with Gasteiger partial charge in [0.25, 0.3) is 15.9 Å². The van der Waals surface area contributed by atoms with Gasteiger partial charge >= 0.3 is 5.97 Å². The van der Waals surface area contributed by atoms with Crippen molar-refractivity contribution in [2.45, 2.75) is 11.8 Å². The number of primary amides is 1. The van der Waals surface area contributed by atoms with E-state index in [-0.39, 0.29) is 21.7 Å². The van der Waals surface area contributed by atoms with Crippen LogP contribution in [0.25, 0.3) is 0 Å². The molecule has 2 aromatic rings. The first kappa shape index (κ1) is 17.5. The van der Waals surface area contributed by atoms with Crippen LogP contribution in [0.5, 0.6) is 0 Å². The minimum Gasteiger partial charge on any atom is -0.465 e. The number of rotatable bonds is 5. The summed E-state index contributed by atoms with van der Waals surface area (Å²) < 4.78 is 32.0. The molecule has 0 bridgehead atoms. The Balaban J connectivity index is 2.46. The number of carbonyl (C=O) groups is 2. The first-order valence-electron chi connectivity index (χ1n) is 6.87. The average Bonchev–Trinajstić information content (AvgIpc) is 2.54. The Kier molecular flexibility index (Phi) is 4.89.